The number of nitrogens with zero attached hydrogens (tertiary/aromatic N) is 4. The molecule has 6 aromatic carbocycles. The van der Waals surface area contributed by atoms with Crippen LogP contribution in [-0.4, -0.2) is 58.3 Å². The first-order valence-electron chi connectivity index (χ1n) is 16.8. The number of hydrogen-bond donors (Lipinski definition) is 0. The third kappa shape index (κ3) is 24.8. The molecule has 0 radical (unpaired) electrons. The van der Waals surface area contributed by atoms with E-state index in [9.17, 15) is 28.8 Å². The van der Waals surface area contributed by atoms with E-state index in [-0.39, 0.29) is 107 Å². The number of benzene rings is 6. The van der Waals surface area contributed by atoms with Crippen LogP contribution in [0.15, 0.2) is 166 Å². The average molecular weight is 1330 g/mol. The monoisotopic (exact) mass is 1320 g/mol. The molecule has 6 rings (SSSR count). The predicted molar refractivity (Wildman–Crippen MR) is 228 cm³/mol. The van der Waals surface area contributed by atoms with E-state index in [0.717, 1.165) is 0 Å². The molecule has 0 saturated heterocycles. The van der Waals surface area contributed by atoms with Gasteiger partial charge in [-0.15, -0.1) is 23.0 Å². The Labute approximate surface area is 414 Å². The summed E-state index contributed by atoms with van der Waals surface area (Å²) in [5.74, 6) is -0.324. The molecule has 0 fully saturated rings. The fourth-order valence-corrected chi connectivity index (χ4v) is 4.27. The summed E-state index contributed by atoms with van der Waals surface area (Å²) in [6.07, 6.45) is 12.7. The van der Waals surface area contributed by atoms with Crippen molar-refractivity contribution >= 4 is 69.2 Å². The molecule has 0 aromatic heterocycles. The van der Waals surface area contributed by atoms with Gasteiger partial charge in [0.25, 0.3) is 0 Å². The van der Waals surface area contributed by atoms with Crippen molar-refractivity contribution in [1.82, 2.24) is 0 Å². The summed E-state index contributed by atoms with van der Waals surface area (Å²) in [4.78, 5) is 17.4. The van der Waals surface area contributed by atoms with Crippen LogP contribution in [0.4, 0.5) is 22.7 Å². The van der Waals surface area contributed by atoms with Crippen LogP contribution in [-0.2, 0) is 43.5 Å². The molecule has 0 amide bonds. The molecule has 0 bridgehead atoms. The Morgan fingerprint density at radius 2 is 0.484 bits per heavy atom. The minimum atomic E-state index is -0.611. The largest absolute Gasteiger partial charge is 2.00 e. The smallest absolute Gasteiger partial charge is 0.0886 e. The van der Waals surface area contributed by atoms with Crippen molar-refractivity contribution in [1.29, 1.82) is 0 Å². The second kappa shape index (κ2) is 36.0. The summed E-state index contributed by atoms with van der Waals surface area (Å²) in [7, 11) is -1.22. The molecule has 14 nitrogen and oxygen atoms in total. The van der Waals surface area contributed by atoms with Crippen molar-refractivity contribution < 1.29 is 113 Å². The Kier molecular flexibility index (Phi) is 37.2. The summed E-state index contributed by atoms with van der Waals surface area (Å²) in [5, 5.41) is 46.9. The molecule has 0 spiro atoms. The van der Waals surface area contributed by atoms with Gasteiger partial charge >= 0.3 is 0 Å². The van der Waals surface area contributed by atoms with Gasteiger partial charge in [-0.1, -0.05) is 121 Å². The van der Waals surface area contributed by atoms with Gasteiger partial charge in [-0.05, 0) is 46.5 Å². The van der Waals surface area contributed by atoms with Crippen molar-refractivity contribution in [2.45, 2.75) is 0 Å². The molecule has 18 heteroatoms. The first kappa shape index (κ1) is 64.1. The van der Waals surface area contributed by atoms with Crippen LogP contribution in [0.25, 0.3) is 0 Å². The van der Waals surface area contributed by atoms with E-state index in [1.165, 1.54) is 49.1 Å². The fraction of sp³-hybridized carbons (Fsp3) is 0.0909. The van der Waals surface area contributed by atoms with E-state index in [0.29, 0.717) is 45.0 Å². The van der Waals surface area contributed by atoms with Gasteiger partial charge in [0.2, 0.25) is 0 Å². The van der Waals surface area contributed by atoms with Crippen LogP contribution in [0.5, 0.6) is 23.0 Å². The van der Waals surface area contributed by atoms with Crippen molar-refractivity contribution in [2.24, 2.45) is 20.0 Å². The van der Waals surface area contributed by atoms with Crippen LogP contribution in [0.2, 0.25) is 0 Å². The van der Waals surface area contributed by atoms with Gasteiger partial charge < -0.3 is 42.3 Å². The zero-order valence-electron chi connectivity index (χ0n) is 33.9. The first-order valence-corrected chi connectivity index (χ1v) is 20.8. The Morgan fingerprint density at radius 3 is 0.645 bits per heavy atom. The molecule has 0 heterocycles. The summed E-state index contributed by atoms with van der Waals surface area (Å²) in [5.41, 5.74) is 4.56. The van der Waals surface area contributed by atoms with Crippen LogP contribution < -0.4 is 20.4 Å². The molecule has 0 aliphatic carbocycles. The number of aliphatic imine (C=N–C) groups is 4. The van der Waals surface area contributed by atoms with Gasteiger partial charge in [-0.25, -0.2) is 0 Å². The van der Waals surface area contributed by atoms with Crippen LogP contribution in [0.1, 0.15) is 22.3 Å². The second-order valence-electron chi connectivity index (χ2n) is 11.6. The number of para-hydroxylation sites is 8. The number of hydrogen-bond acceptors (Lipinski definition) is 10. The molecule has 0 unspecified atom stereocenters. The molecule has 0 saturated carbocycles. The van der Waals surface area contributed by atoms with Crippen molar-refractivity contribution in [3.05, 3.63) is 168 Å². The Hall–Kier alpha value is -4.56. The Bertz CT molecular complexity index is 2030. The molecule has 0 N–H and O–H groups in total. The molecular formula is C44H40N4O10S2U2-12. The second-order valence-corrected chi connectivity index (χ2v) is 14.6. The van der Waals surface area contributed by atoms with Crippen molar-refractivity contribution in [3.63, 3.8) is 0 Å². The summed E-state index contributed by atoms with van der Waals surface area (Å²) in [6, 6.07) is 41.4. The molecule has 62 heavy (non-hydrogen) atoms. The van der Waals surface area contributed by atoms with Crippen LogP contribution >= 0.6 is 0 Å². The average Bonchev–Trinajstić information content (AvgIpc) is 3.17. The number of rotatable bonds is 8. The maximum absolute atomic E-state index is 11.7. The zero-order chi connectivity index (χ0) is 40.7. The summed E-state index contributed by atoms with van der Waals surface area (Å²) in [6.45, 7) is 0. The van der Waals surface area contributed by atoms with Gasteiger partial charge in [0.05, 0.1) is 22.7 Å². The maximum atomic E-state index is 11.7. The molecule has 0 aliphatic heterocycles. The van der Waals surface area contributed by atoms with E-state index in [1.54, 1.807) is 122 Å². The Balaban J connectivity index is -0.000000427. The van der Waals surface area contributed by atoms with E-state index in [1.807, 2.05) is 24.3 Å². The van der Waals surface area contributed by atoms with Gasteiger partial charge in [0.1, 0.15) is 0 Å². The summed E-state index contributed by atoms with van der Waals surface area (Å²) >= 11 is 0. The third-order valence-electron chi connectivity index (χ3n) is 6.81. The van der Waals surface area contributed by atoms with E-state index < -0.39 is 21.6 Å². The minimum Gasteiger partial charge on any atom is -2.00 e. The molecule has 6 aromatic rings. The maximum Gasteiger partial charge on any atom is 0.0886 e. The SMILES string of the molecule is CS(C)=O.CS(C)=O.[O-2].[O-2].[O-2].[O-2].[O-]c1ccccc1C=Nc1ccccc1N=Cc1ccccc1[O-].[O-]c1ccccc1C=Nc1ccccc1N=Cc1ccccc1[O-].[U].[U]. The zero-order valence-corrected chi connectivity index (χ0v) is 43.8. The predicted octanol–water partition coefficient (Wildman–Crippen LogP) is 6.18. The standard InChI is InChI=1S/2C20H16N2O2.2C2H6OS.4O.2U/c2*23-19-11-5-1-7-15(19)13-21-17-9-3-4-10-18(17)22-14-16-8-2-6-12-20(16)24;2*1-4(2)3;;;;;;/h2*1-14,23-24H;2*1-2H3;;;;;;/q;;;;4*-2;;/p-4. The fourth-order valence-electron chi connectivity index (χ4n) is 4.27. The molecule has 0 aliphatic rings. The van der Waals surface area contributed by atoms with E-state index in [4.69, 9.17) is 0 Å². The topological polar surface area (TPSA) is 290 Å². The van der Waals surface area contributed by atoms with Crippen molar-refractivity contribution in [2.75, 3.05) is 25.0 Å². The van der Waals surface area contributed by atoms with E-state index in [2.05, 4.69) is 20.0 Å². The minimum absolute atomic E-state index is 0. The van der Waals surface area contributed by atoms with Crippen molar-refractivity contribution in [3.8, 4) is 23.0 Å². The molecule has 328 valence electrons. The molecular weight excluding hydrogens is 1280 g/mol. The third-order valence-corrected chi connectivity index (χ3v) is 6.81. The van der Waals surface area contributed by atoms with Crippen LogP contribution in [0.3, 0.4) is 0 Å². The molecule has 0 atom stereocenters. The van der Waals surface area contributed by atoms with Gasteiger partial charge in [-0.2, -0.15) is 0 Å². The van der Waals surface area contributed by atoms with Crippen LogP contribution in [0, 0.1) is 62.2 Å². The summed E-state index contributed by atoms with van der Waals surface area (Å²) < 4.78 is 19.1. The Morgan fingerprint density at radius 1 is 0.339 bits per heavy atom. The van der Waals surface area contributed by atoms with E-state index >= 15 is 0 Å². The van der Waals surface area contributed by atoms with Gasteiger partial charge in [0, 0.05) is 134 Å². The van der Waals surface area contributed by atoms with Gasteiger partial charge in [0.15, 0.2) is 0 Å². The first-order chi connectivity index (χ1) is 26.9. The van der Waals surface area contributed by atoms with Gasteiger partial charge in [-0.3, -0.25) is 28.4 Å². The quantitative estimate of drug-likeness (QED) is 0.160. The normalized spacial score (nSPS) is 9.90.